The number of hydrogen-bond donors (Lipinski definition) is 1. The Morgan fingerprint density at radius 3 is 2.55 bits per heavy atom. The Balaban J connectivity index is 3.49. The van der Waals surface area contributed by atoms with Crippen LogP contribution in [0.3, 0.4) is 0 Å². The molecule has 1 N–H and O–H groups in total. The highest BCUT2D eigenvalue weighted by Crippen LogP contribution is 2.08. The highest BCUT2D eigenvalue weighted by Gasteiger charge is 2.14. The second kappa shape index (κ2) is 6.64. The number of ether oxygens (including phenoxy) is 1. The summed E-state index contributed by atoms with van der Waals surface area (Å²) in [5.74, 6) is 0.447. The van der Waals surface area contributed by atoms with Crippen LogP contribution in [0.15, 0.2) is 0 Å². The van der Waals surface area contributed by atoms with Crippen molar-refractivity contribution in [1.29, 1.82) is 0 Å². The Labute approximate surface area is 68.9 Å². The molecule has 0 aliphatic rings. The maximum absolute atomic E-state index is 8.39. The van der Waals surface area contributed by atoms with Crippen LogP contribution in [0.2, 0.25) is 5.82 Å². The molecule has 1 radical (unpaired) electrons. The van der Waals surface area contributed by atoms with Crippen LogP contribution in [0.4, 0.5) is 0 Å². The Kier molecular flexibility index (Phi) is 6.61. The molecule has 0 fully saturated rings. The zero-order chi connectivity index (χ0) is 8.69. The molecule has 0 saturated heterocycles. The molecule has 0 rings (SSSR count). The van der Waals surface area contributed by atoms with E-state index in [1.807, 2.05) is 7.28 Å². The van der Waals surface area contributed by atoms with Gasteiger partial charge in [-0.15, -0.1) is 0 Å². The predicted molar refractivity (Wildman–Crippen MR) is 44.8 cm³/mol. The standard InChI is InChI=1S/C7H16BO3/c1-4-6(2)8-7(11-9)5-10-3/h6-7,9H,4-5H2,1-3H3. The Hall–Kier alpha value is -0.0551. The van der Waals surface area contributed by atoms with E-state index in [9.17, 15) is 0 Å². The molecule has 0 amide bonds. The van der Waals surface area contributed by atoms with Gasteiger partial charge in [0.25, 0.3) is 0 Å². The van der Waals surface area contributed by atoms with Crippen molar-refractivity contribution >= 4 is 7.28 Å². The average Bonchev–Trinajstić information content (AvgIpc) is 2.03. The van der Waals surface area contributed by atoms with Gasteiger partial charge in [-0.2, -0.15) is 0 Å². The van der Waals surface area contributed by atoms with Crippen molar-refractivity contribution in [3.63, 3.8) is 0 Å². The second-order valence-corrected chi connectivity index (χ2v) is 2.68. The highest BCUT2D eigenvalue weighted by atomic mass is 17.1. The minimum absolute atomic E-state index is 0.296. The minimum Gasteiger partial charge on any atom is -0.383 e. The topological polar surface area (TPSA) is 38.7 Å². The van der Waals surface area contributed by atoms with Gasteiger partial charge in [0.1, 0.15) is 0 Å². The lowest BCUT2D eigenvalue weighted by Crippen LogP contribution is -2.27. The third kappa shape index (κ3) is 5.24. The Morgan fingerprint density at radius 2 is 2.18 bits per heavy atom. The van der Waals surface area contributed by atoms with Crippen molar-refractivity contribution in [2.45, 2.75) is 32.1 Å². The smallest absolute Gasteiger partial charge is 0.160 e. The van der Waals surface area contributed by atoms with Crippen LogP contribution < -0.4 is 0 Å². The molecule has 0 heterocycles. The Morgan fingerprint density at radius 1 is 1.55 bits per heavy atom. The molecule has 11 heavy (non-hydrogen) atoms. The molecule has 0 aromatic heterocycles. The predicted octanol–water partition coefficient (Wildman–Crippen LogP) is 1.37. The van der Waals surface area contributed by atoms with Crippen LogP contribution in [0.25, 0.3) is 0 Å². The van der Waals surface area contributed by atoms with E-state index in [4.69, 9.17) is 9.99 Å². The van der Waals surface area contributed by atoms with Gasteiger partial charge in [-0.05, 0) is 0 Å². The fraction of sp³-hybridized carbons (Fsp3) is 1.00. The average molecular weight is 159 g/mol. The van der Waals surface area contributed by atoms with E-state index in [1.165, 1.54) is 0 Å². The zero-order valence-corrected chi connectivity index (χ0v) is 7.41. The molecule has 0 saturated carbocycles. The van der Waals surface area contributed by atoms with Crippen LogP contribution >= 0.6 is 0 Å². The molecule has 3 nitrogen and oxygen atoms in total. The summed E-state index contributed by atoms with van der Waals surface area (Å²) < 4.78 is 4.82. The number of hydrogen-bond acceptors (Lipinski definition) is 3. The molecule has 2 unspecified atom stereocenters. The van der Waals surface area contributed by atoms with Crippen molar-refractivity contribution in [3.05, 3.63) is 0 Å². The Bertz CT molecular complexity index is 89.8. The zero-order valence-electron chi connectivity index (χ0n) is 7.41. The van der Waals surface area contributed by atoms with Crippen molar-refractivity contribution in [3.8, 4) is 0 Å². The van der Waals surface area contributed by atoms with Gasteiger partial charge in [-0.3, -0.25) is 5.26 Å². The summed E-state index contributed by atoms with van der Waals surface area (Å²) in [4.78, 5) is 4.18. The molecule has 4 heteroatoms. The van der Waals surface area contributed by atoms with E-state index in [0.717, 1.165) is 6.42 Å². The van der Waals surface area contributed by atoms with Crippen molar-refractivity contribution < 1.29 is 14.9 Å². The molecule has 0 aromatic carbocycles. The molecule has 0 bridgehead atoms. The van der Waals surface area contributed by atoms with Gasteiger partial charge >= 0.3 is 0 Å². The van der Waals surface area contributed by atoms with E-state index in [-0.39, 0.29) is 6.00 Å². The summed E-state index contributed by atoms with van der Waals surface area (Å²) >= 11 is 0. The van der Waals surface area contributed by atoms with Crippen LogP contribution in [-0.2, 0) is 9.62 Å². The van der Waals surface area contributed by atoms with E-state index in [2.05, 4.69) is 18.7 Å². The van der Waals surface area contributed by atoms with Crippen LogP contribution in [-0.4, -0.2) is 32.3 Å². The fourth-order valence-corrected chi connectivity index (χ4v) is 0.788. The summed E-state index contributed by atoms with van der Waals surface area (Å²) in [7, 11) is 3.51. The monoisotopic (exact) mass is 159 g/mol. The van der Waals surface area contributed by atoms with E-state index in [0.29, 0.717) is 12.4 Å². The van der Waals surface area contributed by atoms with E-state index >= 15 is 0 Å². The lowest BCUT2D eigenvalue weighted by atomic mass is 9.60. The lowest BCUT2D eigenvalue weighted by molar-refractivity contribution is -0.264. The van der Waals surface area contributed by atoms with Gasteiger partial charge in [-0.1, -0.05) is 26.1 Å². The minimum atomic E-state index is -0.296. The van der Waals surface area contributed by atoms with E-state index < -0.39 is 0 Å². The van der Waals surface area contributed by atoms with Crippen molar-refractivity contribution in [2.24, 2.45) is 0 Å². The fourth-order valence-electron chi connectivity index (χ4n) is 0.788. The maximum atomic E-state index is 8.39. The molecule has 0 spiro atoms. The maximum Gasteiger partial charge on any atom is 0.160 e. The molecule has 65 valence electrons. The summed E-state index contributed by atoms with van der Waals surface area (Å²) in [5, 5.41) is 8.39. The third-order valence-corrected chi connectivity index (χ3v) is 1.65. The molecule has 0 aliphatic carbocycles. The second-order valence-electron chi connectivity index (χ2n) is 2.68. The quantitative estimate of drug-likeness (QED) is 0.361. The molecule has 2 atom stereocenters. The SMILES string of the molecule is CCC(C)[B]C(COC)OO. The van der Waals surface area contributed by atoms with Crippen molar-refractivity contribution in [2.75, 3.05) is 13.7 Å². The molecule has 0 aliphatic heterocycles. The normalized spacial score (nSPS) is 16.0. The highest BCUT2D eigenvalue weighted by molar-refractivity contribution is 6.39. The van der Waals surface area contributed by atoms with Crippen molar-refractivity contribution in [1.82, 2.24) is 0 Å². The van der Waals surface area contributed by atoms with Gasteiger partial charge in [0, 0.05) is 7.11 Å². The third-order valence-electron chi connectivity index (χ3n) is 1.65. The van der Waals surface area contributed by atoms with Crippen LogP contribution in [0.1, 0.15) is 20.3 Å². The van der Waals surface area contributed by atoms with E-state index in [1.54, 1.807) is 7.11 Å². The van der Waals surface area contributed by atoms with Crippen LogP contribution in [0.5, 0.6) is 0 Å². The lowest BCUT2D eigenvalue weighted by Gasteiger charge is -2.14. The molecular weight excluding hydrogens is 143 g/mol. The number of rotatable bonds is 6. The largest absolute Gasteiger partial charge is 0.383 e. The van der Waals surface area contributed by atoms with Gasteiger partial charge < -0.3 is 4.74 Å². The van der Waals surface area contributed by atoms with Gasteiger partial charge in [0.15, 0.2) is 7.28 Å². The first-order valence-electron chi connectivity index (χ1n) is 3.88. The van der Waals surface area contributed by atoms with Crippen LogP contribution in [0, 0.1) is 0 Å². The first-order chi connectivity index (χ1) is 5.24. The summed E-state index contributed by atoms with van der Waals surface area (Å²) in [6.07, 6.45) is 1.05. The van der Waals surface area contributed by atoms with Gasteiger partial charge in [0.2, 0.25) is 0 Å². The number of methoxy groups -OCH3 is 1. The summed E-state index contributed by atoms with van der Waals surface area (Å²) in [5.41, 5.74) is 0. The first kappa shape index (κ1) is 10.9. The molecular formula is C7H16BO3. The molecule has 0 aromatic rings. The van der Waals surface area contributed by atoms with Gasteiger partial charge in [0.05, 0.1) is 12.6 Å². The summed E-state index contributed by atoms with van der Waals surface area (Å²) in [6, 6.07) is -0.296. The van der Waals surface area contributed by atoms with Gasteiger partial charge in [-0.25, -0.2) is 4.89 Å². The summed E-state index contributed by atoms with van der Waals surface area (Å²) in [6.45, 7) is 4.56. The first-order valence-corrected chi connectivity index (χ1v) is 3.88.